The van der Waals surface area contributed by atoms with Gasteiger partial charge in [-0.15, -0.1) is 0 Å². The molecule has 10 heteroatoms. The highest BCUT2D eigenvalue weighted by Crippen LogP contribution is 2.33. The van der Waals surface area contributed by atoms with Gasteiger partial charge in [-0.2, -0.15) is 0 Å². The van der Waals surface area contributed by atoms with Gasteiger partial charge >= 0.3 is 0 Å². The summed E-state index contributed by atoms with van der Waals surface area (Å²) in [5.74, 6) is 6.79. The number of carbonyl (C=O) groups excluding carboxylic acids is 2. The molecule has 0 radical (unpaired) electrons. The van der Waals surface area contributed by atoms with Crippen molar-refractivity contribution in [3.63, 3.8) is 0 Å². The fraction of sp³-hybridized carbons (Fsp3) is 0.464. The second-order valence-electron chi connectivity index (χ2n) is 9.99. The molecule has 3 atom stereocenters. The lowest BCUT2D eigenvalue weighted by atomic mass is 9.99. The molecule has 0 aliphatic carbocycles. The van der Waals surface area contributed by atoms with Gasteiger partial charge in [0.05, 0.1) is 25.7 Å². The van der Waals surface area contributed by atoms with Gasteiger partial charge in [-0.25, -0.2) is 4.98 Å². The van der Waals surface area contributed by atoms with Gasteiger partial charge in [0.25, 0.3) is 11.8 Å². The first-order chi connectivity index (χ1) is 18.2. The Morgan fingerprint density at radius 1 is 1.24 bits per heavy atom. The van der Waals surface area contributed by atoms with Crippen molar-refractivity contribution < 1.29 is 28.9 Å². The lowest BCUT2D eigenvalue weighted by Gasteiger charge is -2.37. The Kier molecular flexibility index (Phi) is 8.39. The molecule has 0 saturated carbocycles. The minimum Gasteiger partial charge on any atom is -0.472 e. The molecule has 0 fully saturated rings. The van der Waals surface area contributed by atoms with Crippen LogP contribution in [-0.4, -0.2) is 103 Å². The topological polar surface area (TPSA) is 105 Å². The number of ether oxygens (including phenoxy) is 3. The van der Waals surface area contributed by atoms with Crippen LogP contribution in [0, 0.1) is 17.8 Å². The maximum atomic E-state index is 13.5. The van der Waals surface area contributed by atoms with E-state index in [0.29, 0.717) is 35.7 Å². The fourth-order valence-electron chi connectivity index (χ4n) is 4.29. The first-order valence-electron chi connectivity index (χ1n) is 12.5. The monoisotopic (exact) mass is 522 g/mol. The Morgan fingerprint density at radius 2 is 2.00 bits per heavy atom. The van der Waals surface area contributed by atoms with Crippen molar-refractivity contribution in [2.75, 3.05) is 54.2 Å². The fourth-order valence-corrected chi connectivity index (χ4v) is 4.29. The van der Waals surface area contributed by atoms with Crippen molar-refractivity contribution >= 4 is 11.8 Å². The number of pyridine rings is 1. The van der Waals surface area contributed by atoms with Crippen LogP contribution in [-0.2, 0) is 0 Å². The Bertz CT molecular complexity index is 1250. The molecular formula is C28H34N4O6. The van der Waals surface area contributed by atoms with Crippen LogP contribution in [0.25, 0.3) is 0 Å². The third kappa shape index (κ3) is 6.01. The van der Waals surface area contributed by atoms with Crippen LogP contribution < -0.4 is 14.2 Å². The number of aliphatic hydroxyl groups excluding tert-OH is 1. The largest absolute Gasteiger partial charge is 0.472 e. The molecule has 202 valence electrons. The summed E-state index contributed by atoms with van der Waals surface area (Å²) >= 11 is 0. The van der Waals surface area contributed by atoms with E-state index in [4.69, 9.17) is 14.2 Å². The van der Waals surface area contributed by atoms with E-state index < -0.39 is 12.1 Å². The SMILES string of the molecule is C[C@H]1CN([C@@H](C)CO)C(=O)c2cc(C#CCN(C)C)cnc2O[C@@H]1CN(C)C(=O)c1ccc2c(c1)OCO2. The van der Waals surface area contributed by atoms with Crippen molar-refractivity contribution in [1.29, 1.82) is 0 Å². The Balaban J connectivity index is 1.60. The van der Waals surface area contributed by atoms with Crippen molar-refractivity contribution in [3.05, 3.63) is 47.2 Å². The molecule has 1 aromatic carbocycles. The highest BCUT2D eigenvalue weighted by Gasteiger charge is 2.35. The van der Waals surface area contributed by atoms with Crippen LogP contribution in [0.4, 0.5) is 0 Å². The molecule has 0 saturated heterocycles. The number of amides is 2. The Hall–Kier alpha value is -3.81. The predicted octanol–water partition coefficient (Wildman–Crippen LogP) is 1.72. The lowest BCUT2D eigenvalue weighted by Crippen LogP contribution is -2.50. The molecule has 2 amide bonds. The highest BCUT2D eigenvalue weighted by atomic mass is 16.7. The van der Waals surface area contributed by atoms with E-state index in [1.165, 1.54) is 0 Å². The van der Waals surface area contributed by atoms with Gasteiger partial charge in [0.15, 0.2) is 11.5 Å². The second kappa shape index (κ2) is 11.7. The number of hydrogen-bond acceptors (Lipinski definition) is 8. The molecule has 2 aliphatic heterocycles. The number of benzene rings is 1. The molecule has 1 N–H and O–H groups in total. The maximum Gasteiger partial charge on any atom is 0.259 e. The summed E-state index contributed by atoms with van der Waals surface area (Å²) in [7, 11) is 5.56. The second-order valence-corrected chi connectivity index (χ2v) is 9.99. The van der Waals surface area contributed by atoms with Crippen LogP contribution in [0.3, 0.4) is 0 Å². The number of aliphatic hydroxyl groups is 1. The predicted molar refractivity (Wildman–Crippen MR) is 140 cm³/mol. The zero-order chi connectivity index (χ0) is 27.4. The number of aromatic nitrogens is 1. The molecular weight excluding hydrogens is 488 g/mol. The number of fused-ring (bicyclic) bond motifs is 2. The summed E-state index contributed by atoms with van der Waals surface area (Å²) in [6.45, 7) is 4.87. The molecule has 3 heterocycles. The normalized spacial score (nSPS) is 19.0. The standard InChI is InChI=1S/C28H34N4O6/c1-18-14-32(19(2)16-33)28(35)22-11-20(7-6-10-30(3)4)13-29-26(22)38-25(18)15-31(5)27(34)21-8-9-23-24(12-21)37-17-36-23/h8-9,11-13,18-19,25,33H,10,14-17H2,1-5H3/t18-,19-,25+/m0/s1. The first kappa shape index (κ1) is 27.2. The van der Waals surface area contributed by atoms with Crippen molar-refractivity contribution in [2.45, 2.75) is 26.0 Å². The van der Waals surface area contributed by atoms with Gasteiger partial charge in [-0.1, -0.05) is 18.8 Å². The summed E-state index contributed by atoms with van der Waals surface area (Å²) in [5, 5.41) is 9.86. The number of hydrogen-bond donors (Lipinski definition) is 1. The quantitative estimate of drug-likeness (QED) is 0.572. The summed E-state index contributed by atoms with van der Waals surface area (Å²) in [4.78, 5) is 36.4. The number of nitrogens with zero attached hydrogens (tertiary/aromatic N) is 4. The van der Waals surface area contributed by atoms with E-state index in [2.05, 4.69) is 16.8 Å². The maximum absolute atomic E-state index is 13.5. The summed E-state index contributed by atoms with van der Waals surface area (Å²) in [6.07, 6.45) is 1.12. The minimum atomic E-state index is -0.462. The van der Waals surface area contributed by atoms with E-state index in [0.717, 1.165) is 0 Å². The van der Waals surface area contributed by atoms with Crippen LogP contribution in [0.1, 0.15) is 40.1 Å². The molecule has 10 nitrogen and oxygen atoms in total. The molecule has 0 spiro atoms. The first-order valence-corrected chi connectivity index (χ1v) is 12.5. The minimum absolute atomic E-state index is 0.132. The van der Waals surface area contributed by atoms with Gasteiger partial charge in [0.2, 0.25) is 12.7 Å². The average Bonchev–Trinajstić information content (AvgIpc) is 3.37. The zero-order valence-corrected chi connectivity index (χ0v) is 22.4. The van der Waals surface area contributed by atoms with E-state index >= 15 is 0 Å². The molecule has 38 heavy (non-hydrogen) atoms. The van der Waals surface area contributed by atoms with E-state index in [9.17, 15) is 14.7 Å². The van der Waals surface area contributed by atoms with Crippen molar-refractivity contribution in [1.82, 2.24) is 19.7 Å². The van der Waals surface area contributed by atoms with Crippen LogP contribution in [0.15, 0.2) is 30.5 Å². The zero-order valence-electron chi connectivity index (χ0n) is 22.4. The lowest BCUT2D eigenvalue weighted by molar-refractivity contribution is 0.0313. The molecule has 2 aromatic rings. The Labute approximate surface area is 223 Å². The third-order valence-corrected chi connectivity index (χ3v) is 6.57. The molecule has 0 bridgehead atoms. The molecule has 1 aromatic heterocycles. The van der Waals surface area contributed by atoms with Gasteiger partial charge in [0.1, 0.15) is 11.7 Å². The summed E-state index contributed by atoms with van der Waals surface area (Å²) in [6, 6.07) is 6.36. The van der Waals surface area contributed by atoms with Gasteiger partial charge < -0.3 is 29.1 Å². The number of rotatable bonds is 6. The van der Waals surface area contributed by atoms with Crippen LogP contribution in [0.2, 0.25) is 0 Å². The summed E-state index contributed by atoms with van der Waals surface area (Å²) < 4.78 is 17.0. The molecule has 0 unspecified atom stereocenters. The van der Waals surface area contributed by atoms with Crippen LogP contribution >= 0.6 is 0 Å². The number of likely N-dealkylation sites (N-methyl/N-ethyl adjacent to an activating group) is 1. The highest BCUT2D eigenvalue weighted by molar-refractivity contribution is 5.97. The number of carbonyl (C=O) groups is 2. The van der Waals surface area contributed by atoms with Gasteiger partial charge in [0, 0.05) is 36.8 Å². The van der Waals surface area contributed by atoms with E-state index in [1.807, 2.05) is 25.9 Å². The Morgan fingerprint density at radius 3 is 2.74 bits per heavy atom. The summed E-state index contributed by atoms with van der Waals surface area (Å²) in [5.41, 5.74) is 1.35. The van der Waals surface area contributed by atoms with Gasteiger partial charge in [-0.05, 0) is 45.3 Å². The third-order valence-electron chi connectivity index (χ3n) is 6.57. The van der Waals surface area contributed by atoms with Crippen LogP contribution in [0.5, 0.6) is 17.4 Å². The van der Waals surface area contributed by atoms with E-state index in [-0.39, 0.29) is 49.1 Å². The van der Waals surface area contributed by atoms with Crippen molar-refractivity contribution in [2.24, 2.45) is 5.92 Å². The van der Waals surface area contributed by atoms with Crippen molar-refractivity contribution in [3.8, 4) is 29.2 Å². The average molecular weight is 523 g/mol. The van der Waals surface area contributed by atoms with Gasteiger partial charge in [-0.3, -0.25) is 14.5 Å². The molecule has 2 aliphatic rings. The smallest absolute Gasteiger partial charge is 0.259 e. The molecule has 4 rings (SSSR count). The van der Waals surface area contributed by atoms with E-state index in [1.54, 1.807) is 54.2 Å².